The van der Waals surface area contributed by atoms with Crippen LogP contribution in [0.25, 0.3) is 91.8 Å². The highest BCUT2D eigenvalue weighted by Crippen LogP contribution is 2.65. The molecule has 2 aliphatic carbocycles. The highest BCUT2D eigenvalue weighted by molar-refractivity contribution is 7.25. The number of anilines is 3. The molecule has 3 heterocycles. The van der Waals surface area contributed by atoms with Crippen LogP contribution in [0.5, 0.6) is 0 Å². The molecule has 376 valence electrons. The van der Waals surface area contributed by atoms with Crippen molar-refractivity contribution in [3.8, 4) is 39.1 Å². The second-order valence-corrected chi connectivity index (χ2v) is 23.2. The van der Waals surface area contributed by atoms with Crippen molar-refractivity contribution in [3.05, 3.63) is 336 Å². The lowest BCUT2D eigenvalue weighted by molar-refractivity contribution is 0.748. The van der Waals surface area contributed by atoms with E-state index in [1.165, 1.54) is 136 Å². The molecule has 3 aliphatic rings. The van der Waals surface area contributed by atoms with Gasteiger partial charge in [0.05, 0.1) is 38.9 Å². The summed E-state index contributed by atoms with van der Waals surface area (Å²) in [6.07, 6.45) is 0. The van der Waals surface area contributed by atoms with E-state index in [1.807, 2.05) is 11.3 Å². The minimum absolute atomic E-state index is 0.622. The van der Waals surface area contributed by atoms with Gasteiger partial charge < -0.3 is 9.47 Å². The SMILES string of the molecule is c1ccc(C2(c3ccccc3)c3ccccc3-c3c2cc(N(c2ccc(-c4cccc5sc6ccccc6c45)cc2)c2cccc4c2-c2ccccc2C42c4ccccc4-n4c5ccccc5c5cccc2c54)c2ccccc32)cc1. The van der Waals surface area contributed by atoms with Crippen molar-refractivity contribution in [2.45, 2.75) is 10.8 Å². The highest BCUT2D eigenvalue weighted by atomic mass is 32.1. The van der Waals surface area contributed by atoms with Crippen molar-refractivity contribution in [2.75, 3.05) is 4.90 Å². The molecule has 0 N–H and O–H groups in total. The summed E-state index contributed by atoms with van der Waals surface area (Å²) in [4.78, 5) is 2.62. The fraction of sp³-hybridized carbons (Fsp3) is 0.0256. The van der Waals surface area contributed by atoms with E-state index in [0.717, 1.165) is 17.1 Å². The molecule has 1 unspecified atom stereocenters. The van der Waals surface area contributed by atoms with Crippen LogP contribution < -0.4 is 4.90 Å². The van der Waals surface area contributed by atoms with Crippen LogP contribution in [0.2, 0.25) is 0 Å². The van der Waals surface area contributed by atoms with E-state index in [-0.39, 0.29) is 0 Å². The van der Waals surface area contributed by atoms with Gasteiger partial charge in [0.25, 0.3) is 0 Å². The van der Waals surface area contributed by atoms with Gasteiger partial charge in [-0.1, -0.05) is 243 Å². The number of benzene rings is 13. The normalized spacial score (nSPS) is 15.1. The van der Waals surface area contributed by atoms with E-state index in [9.17, 15) is 0 Å². The zero-order valence-electron chi connectivity index (χ0n) is 44.0. The standard InChI is InChI=1S/C78H48N2S/c1-3-22-50(23-4-1)77(51-24-5-2-6-25-51)61-34-13-9-29-58(61)73-56-28-8-7-26-54(56)70(48-66(73)77)79(52-46-44-49(45-47-52)53-32-20-43-72-74(53)60-31-12-18-42-71(60)81-72)69-41-21-37-64-75(69)59-30-10-14-35-62(59)78(64)63-36-15-17-40-68(63)80-67-39-16-11-27-55(67)57-33-19-38-65(78)76(57)80/h1-48H. The number of fused-ring (bicyclic) bond motifs is 20. The quantitative estimate of drug-likeness (QED) is 0.161. The molecule has 3 heteroatoms. The van der Waals surface area contributed by atoms with Crippen molar-refractivity contribution in [1.29, 1.82) is 0 Å². The van der Waals surface area contributed by atoms with Gasteiger partial charge >= 0.3 is 0 Å². The van der Waals surface area contributed by atoms with Crippen LogP contribution in [0, 0.1) is 0 Å². The Balaban J connectivity index is 0.962. The summed E-state index contributed by atoms with van der Waals surface area (Å²) in [6, 6.07) is 110. The maximum absolute atomic E-state index is 2.62. The van der Waals surface area contributed by atoms with Crippen molar-refractivity contribution >= 4 is 81.1 Å². The minimum atomic E-state index is -0.628. The van der Waals surface area contributed by atoms with Crippen LogP contribution >= 0.6 is 11.3 Å². The predicted molar refractivity (Wildman–Crippen MR) is 339 cm³/mol. The van der Waals surface area contributed by atoms with Crippen LogP contribution in [0.4, 0.5) is 17.1 Å². The van der Waals surface area contributed by atoms with Gasteiger partial charge in [0.2, 0.25) is 0 Å². The monoisotopic (exact) mass is 1040 g/mol. The minimum Gasteiger partial charge on any atom is -0.309 e. The van der Waals surface area contributed by atoms with Gasteiger partial charge in [-0.25, -0.2) is 0 Å². The molecule has 0 fully saturated rings. The summed E-state index contributed by atoms with van der Waals surface area (Å²) in [5.41, 5.74) is 23.6. The Hall–Kier alpha value is -10.1. The second kappa shape index (κ2) is 16.7. The summed E-state index contributed by atoms with van der Waals surface area (Å²) >= 11 is 1.87. The molecule has 13 aromatic carbocycles. The van der Waals surface area contributed by atoms with Gasteiger partial charge in [0.15, 0.2) is 0 Å². The van der Waals surface area contributed by atoms with Crippen LogP contribution in [0.1, 0.15) is 44.5 Å². The lowest BCUT2D eigenvalue weighted by Gasteiger charge is -2.40. The summed E-state index contributed by atoms with van der Waals surface area (Å²) < 4.78 is 5.15. The number of hydrogen-bond donors (Lipinski definition) is 0. The predicted octanol–water partition coefficient (Wildman–Crippen LogP) is 20.5. The highest BCUT2D eigenvalue weighted by Gasteiger charge is 2.52. The molecule has 1 spiro atoms. The first-order valence-electron chi connectivity index (χ1n) is 28.2. The molecule has 1 atom stereocenters. The molecule has 81 heavy (non-hydrogen) atoms. The number of aromatic nitrogens is 1. The van der Waals surface area contributed by atoms with Crippen molar-refractivity contribution in [3.63, 3.8) is 0 Å². The number of rotatable bonds is 6. The van der Waals surface area contributed by atoms with Gasteiger partial charge in [-0.2, -0.15) is 0 Å². The lowest BCUT2D eigenvalue weighted by atomic mass is 9.65. The Kier molecular flexibility index (Phi) is 9.27. The summed E-state index contributed by atoms with van der Waals surface area (Å²) in [6.45, 7) is 0. The maximum Gasteiger partial charge on any atom is 0.0755 e. The summed E-state index contributed by atoms with van der Waals surface area (Å²) in [7, 11) is 0. The molecule has 18 rings (SSSR count). The first-order valence-corrected chi connectivity index (χ1v) is 29.0. The molecule has 1 aliphatic heterocycles. The van der Waals surface area contributed by atoms with Gasteiger partial charge in [-0.3, -0.25) is 0 Å². The van der Waals surface area contributed by atoms with E-state index >= 15 is 0 Å². The van der Waals surface area contributed by atoms with Crippen LogP contribution in [0.15, 0.2) is 291 Å². The van der Waals surface area contributed by atoms with E-state index in [4.69, 9.17) is 0 Å². The van der Waals surface area contributed by atoms with Gasteiger partial charge in [0, 0.05) is 47.6 Å². The van der Waals surface area contributed by atoms with Gasteiger partial charge in [-0.15, -0.1) is 11.3 Å². The molecule has 0 saturated heterocycles. The maximum atomic E-state index is 2.62. The summed E-state index contributed by atoms with van der Waals surface area (Å²) in [5, 5.41) is 7.59. The Labute approximate surface area is 473 Å². The molecular formula is C78H48N2S. The molecule has 0 amide bonds. The number of thiophene rings is 1. The second-order valence-electron chi connectivity index (χ2n) is 22.1. The van der Waals surface area contributed by atoms with Crippen LogP contribution in [0.3, 0.4) is 0 Å². The average Bonchev–Trinajstić information content (AvgIpc) is 3.65. The Morgan fingerprint density at radius 1 is 0.321 bits per heavy atom. The van der Waals surface area contributed by atoms with Crippen molar-refractivity contribution in [1.82, 2.24) is 4.57 Å². The third-order valence-electron chi connectivity index (χ3n) is 18.5. The fourth-order valence-corrected chi connectivity index (χ4v) is 16.6. The third-order valence-corrected chi connectivity index (χ3v) is 19.6. The van der Waals surface area contributed by atoms with Crippen LogP contribution in [-0.2, 0) is 10.8 Å². The van der Waals surface area contributed by atoms with Crippen molar-refractivity contribution < 1.29 is 0 Å². The third kappa shape index (κ3) is 5.80. The molecular weight excluding hydrogens is 997 g/mol. The molecule has 15 aromatic rings. The van der Waals surface area contributed by atoms with E-state index in [0.29, 0.717) is 0 Å². The number of para-hydroxylation sites is 3. The first-order chi connectivity index (χ1) is 40.2. The first kappa shape index (κ1) is 44.9. The molecule has 0 radical (unpaired) electrons. The van der Waals surface area contributed by atoms with E-state index < -0.39 is 10.8 Å². The molecule has 0 saturated carbocycles. The Bertz CT molecular complexity index is 5080. The largest absolute Gasteiger partial charge is 0.309 e. The van der Waals surface area contributed by atoms with Crippen molar-refractivity contribution in [2.24, 2.45) is 0 Å². The molecule has 2 aromatic heterocycles. The molecule has 0 bridgehead atoms. The number of nitrogens with zero attached hydrogens (tertiary/aromatic N) is 2. The van der Waals surface area contributed by atoms with E-state index in [1.54, 1.807) is 0 Å². The average molecular weight is 1050 g/mol. The van der Waals surface area contributed by atoms with Gasteiger partial charge in [0.1, 0.15) is 0 Å². The smallest absolute Gasteiger partial charge is 0.0755 e. The Morgan fingerprint density at radius 3 is 1.64 bits per heavy atom. The van der Waals surface area contributed by atoms with Gasteiger partial charge in [-0.05, 0) is 126 Å². The molecule has 2 nitrogen and oxygen atoms in total. The number of hydrogen-bond acceptors (Lipinski definition) is 2. The Morgan fingerprint density at radius 2 is 0.864 bits per heavy atom. The van der Waals surface area contributed by atoms with Crippen LogP contribution in [-0.4, -0.2) is 4.57 Å². The van der Waals surface area contributed by atoms with E-state index in [2.05, 4.69) is 301 Å². The fourth-order valence-electron chi connectivity index (χ4n) is 15.5. The zero-order chi connectivity index (χ0) is 53.0. The topological polar surface area (TPSA) is 8.17 Å². The zero-order valence-corrected chi connectivity index (χ0v) is 44.8. The summed E-state index contributed by atoms with van der Waals surface area (Å²) in [5.74, 6) is 0. The lowest BCUT2D eigenvalue weighted by Crippen LogP contribution is -2.33.